The number of halogens is 1. The van der Waals surface area contributed by atoms with Crippen LogP contribution in [0.2, 0.25) is 5.02 Å². The van der Waals surface area contributed by atoms with Crippen LogP contribution in [0.3, 0.4) is 0 Å². The van der Waals surface area contributed by atoms with E-state index in [1.807, 2.05) is 42.5 Å². The van der Waals surface area contributed by atoms with Crippen LogP contribution in [0.5, 0.6) is 11.5 Å². The lowest BCUT2D eigenvalue weighted by molar-refractivity contribution is 0.102. The second kappa shape index (κ2) is 8.41. The van der Waals surface area contributed by atoms with Crippen molar-refractivity contribution in [2.24, 2.45) is 0 Å². The van der Waals surface area contributed by atoms with Crippen molar-refractivity contribution in [3.63, 3.8) is 0 Å². The molecular weight excluding hydrogens is 350 g/mol. The molecule has 0 saturated carbocycles. The van der Waals surface area contributed by atoms with Gasteiger partial charge in [-0.1, -0.05) is 41.9 Å². The molecule has 3 aromatic rings. The summed E-state index contributed by atoms with van der Waals surface area (Å²) < 4.78 is 10.8. The van der Waals surface area contributed by atoms with E-state index in [1.54, 1.807) is 37.4 Å². The number of benzene rings is 3. The Hall–Kier alpha value is -2.98. The maximum Gasteiger partial charge on any atom is 0.255 e. The highest BCUT2D eigenvalue weighted by Gasteiger charge is 2.08. The highest BCUT2D eigenvalue weighted by atomic mass is 35.5. The Balaban J connectivity index is 1.60. The van der Waals surface area contributed by atoms with Crippen LogP contribution in [0, 0.1) is 0 Å². The molecule has 3 rings (SSSR count). The predicted octanol–water partition coefficient (Wildman–Crippen LogP) is 5.18. The van der Waals surface area contributed by atoms with Gasteiger partial charge in [0.25, 0.3) is 5.91 Å². The van der Waals surface area contributed by atoms with Crippen LogP contribution in [0.15, 0.2) is 72.8 Å². The maximum absolute atomic E-state index is 12.4. The summed E-state index contributed by atoms with van der Waals surface area (Å²) in [6, 6.07) is 22.0. The summed E-state index contributed by atoms with van der Waals surface area (Å²) in [7, 11) is 1.54. The lowest BCUT2D eigenvalue weighted by atomic mass is 10.1. The van der Waals surface area contributed by atoms with Gasteiger partial charge in [0, 0.05) is 11.3 Å². The summed E-state index contributed by atoms with van der Waals surface area (Å²) >= 11 is 6.07. The number of carbonyl (C=O) groups is 1. The van der Waals surface area contributed by atoms with E-state index >= 15 is 0 Å². The van der Waals surface area contributed by atoms with E-state index in [0.717, 1.165) is 11.3 Å². The van der Waals surface area contributed by atoms with Crippen molar-refractivity contribution in [3.8, 4) is 11.5 Å². The van der Waals surface area contributed by atoms with E-state index in [0.29, 0.717) is 28.6 Å². The molecule has 5 heteroatoms. The lowest BCUT2D eigenvalue weighted by Gasteiger charge is -2.09. The zero-order valence-electron chi connectivity index (χ0n) is 14.2. The molecule has 4 nitrogen and oxygen atoms in total. The fourth-order valence-corrected chi connectivity index (χ4v) is 2.64. The monoisotopic (exact) mass is 367 g/mol. The molecule has 1 amide bonds. The van der Waals surface area contributed by atoms with Gasteiger partial charge in [-0.3, -0.25) is 4.79 Å². The third-order valence-electron chi connectivity index (χ3n) is 3.77. The Bertz CT molecular complexity index is 880. The smallest absolute Gasteiger partial charge is 0.255 e. The van der Waals surface area contributed by atoms with Crippen molar-refractivity contribution >= 4 is 23.2 Å². The number of amides is 1. The first kappa shape index (κ1) is 17.8. The molecule has 0 heterocycles. The minimum absolute atomic E-state index is 0.207. The summed E-state index contributed by atoms with van der Waals surface area (Å²) in [5.74, 6) is 1.17. The number of ether oxygens (including phenoxy) is 2. The number of carbonyl (C=O) groups excluding carboxylic acids is 1. The number of anilines is 1. The molecule has 0 aliphatic heterocycles. The number of hydrogen-bond donors (Lipinski definition) is 1. The zero-order chi connectivity index (χ0) is 18.4. The number of nitrogens with one attached hydrogen (secondary N) is 1. The second-order valence-corrected chi connectivity index (χ2v) is 6.01. The van der Waals surface area contributed by atoms with Crippen molar-refractivity contribution in [1.82, 2.24) is 0 Å². The molecule has 0 spiro atoms. The van der Waals surface area contributed by atoms with E-state index in [4.69, 9.17) is 21.1 Å². The summed E-state index contributed by atoms with van der Waals surface area (Å²) in [6.45, 7) is 0.444. The van der Waals surface area contributed by atoms with Gasteiger partial charge in [-0.05, 0) is 48.0 Å². The molecule has 0 aliphatic carbocycles. The van der Waals surface area contributed by atoms with Crippen molar-refractivity contribution < 1.29 is 14.3 Å². The Labute approximate surface area is 157 Å². The van der Waals surface area contributed by atoms with Crippen LogP contribution < -0.4 is 14.8 Å². The Kier molecular flexibility index (Phi) is 5.77. The third kappa shape index (κ3) is 4.55. The SMILES string of the molecule is COc1ccc(NC(=O)c2ccc(COc3ccccc3)cc2)cc1Cl. The summed E-state index contributed by atoms with van der Waals surface area (Å²) in [5, 5.41) is 3.26. The second-order valence-electron chi connectivity index (χ2n) is 5.60. The van der Waals surface area contributed by atoms with Crippen LogP contribution >= 0.6 is 11.6 Å². The highest BCUT2D eigenvalue weighted by molar-refractivity contribution is 6.32. The number of hydrogen-bond acceptors (Lipinski definition) is 3. The Morgan fingerprint density at radius 1 is 1.00 bits per heavy atom. The maximum atomic E-state index is 12.4. The van der Waals surface area contributed by atoms with Gasteiger partial charge in [0.15, 0.2) is 0 Å². The number of para-hydroxylation sites is 1. The van der Waals surface area contributed by atoms with Crippen molar-refractivity contribution in [3.05, 3.63) is 88.9 Å². The van der Waals surface area contributed by atoms with Crippen LogP contribution in [0.25, 0.3) is 0 Å². The van der Waals surface area contributed by atoms with E-state index in [1.165, 1.54) is 0 Å². The first-order chi connectivity index (χ1) is 12.7. The van der Waals surface area contributed by atoms with Crippen LogP contribution in [-0.2, 0) is 6.61 Å². The standard InChI is InChI=1S/C21H18ClNO3/c1-25-20-12-11-17(13-19(20)22)23-21(24)16-9-7-15(8-10-16)14-26-18-5-3-2-4-6-18/h2-13H,14H2,1H3,(H,23,24). The zero-order valence-corrected chi connectivity index (χ0v) is 15.0. The molecule has 0 atom stereocenters. The molecule has 0 fully saturated rings. The topological polar surface area (TPSA) is 47.6 Å². The van der Waals surface area contributed by atoms with E-state index in [-0.39, 0.29) is 5.91 Å². The fourth-order valence-electron chi connectivity index (χ4n) is 2.38. The van der Waals surface area contributed by atoms with Crippen LogP contribution in [0.4, 0.5) is 5.69 Å². The molecule has 132 valence electrons. The number of methoxy groups -OCH3 is 1. The quantitative estimate of drug-likeness (QED) is 0.653. The van der Waals surface area contributed by atoms with Gasteiger partial charge < -0.3 is 14.8 Å². The van der Waals surface area contributed by atoms with Crippen molar-refractivity contribution in [2.45, 2.75) is 6.61 Å². The lowest BCUT2D eigenvalue weighted by Crippen LogP contribution is -2.12. The summed E-state index contributed by atoms with van der Waals surface area (Å²) in [6.07, 6.45) is 0. The van der Waals surface area contributed by atoms with Gasteiger partial charge in [0.1, 0.15) is 18.1 Å². The Morgan fingerprint density at radius 3 is 2.38 bits per heavy atom. The molecule has 0 radical (unpaired) electrons. The van der Waals surface area contributed by atoms with Gasteiger partial charge in [-0.2, -0.15) is 0 Å². The van der Waals surface area contributed by atoms with Crippen molar-refractivity contribution in [2.75, 3.05) is 12.4 Å². The van der Waals surface area contributed by atoms with Crippen LogP contribution in [0.1, 0.15) is 15.9 Å². The first-order valence-corrected chi connectivity index (χ1v) is 8.45. The minimum Gasteiger partial charge on any atom is -0.495 e. The van der Waals surface area contributed by atoms with E-state index < -0.39 is 0 Å². The average Bonchev–Trinajstić information content (AvgIpc) is 2.68. The molecule has 0 aromatic heterocycles. The molecule has 0 saturated heterocycles. The minimum atomic E-state index is -0.207. The van der Waals surface area contributed by atoms with E-state index in [2.05, 4.69) is 5.32 Å². The molecule has 0 aliphatic rings. The molecular formula is C21H18ClNO3. The summed E-state index contributed by atoms with van der Waals surface area (Å²) in [5.41, 5.74) is 2.15. The highest BCUT2D eigenvalue weighted by Crippen LogP contribution is 2.27. The number of rotatable bonds is 6. The largest absolute Gasteiger partial charge is 0.495 e. The van der Waals surface area contributed by atoms with Crippen molar-refractivity contribution in [1.29, 1.82) is 0 Å². The average molecular weight is 368 g/mol. The molecule has 26 heavy (non-hydrogen) atoms. The first-order valence-electron chi connectivity index (χ1n) is 8.07. The van der Waals surface area contributed by atoms with Gasteiger partial charge in [0.05, 0.1) is 12.1 Å². The molecule has 0 unspecified atom stereocenters. The summed E-state index contributed by atoms with van der Waals surface area (Å²) in [4.78, 5) is 12.4. The molecule has 1 N–H and O–H groups in total. The fraction of sp³-hybridized carbons (Fsp3) is 0.0952. The van der Waals surface area contributed by atoms with E-state index in [9.17, 15) is 4.79 Å². The van der Waals surface area contributed by atoms with Gasteiger partial charge in [0.2, 0.25) is 0 Å². The molecule has 0 bridgehead atoms. The van der Waals surface area contributed by atoms with Crippen LogP contribution in [-0.4, -0.2) is 13.0 Å². The van der Waals surface area contributed by atoms with Gasteiger partial charge >= 0.3 is 0 Å². The molecule has 3 aromatic carbocycles. The van der Waals surface area contributed by atoms with Gasteiger partial charge in [-0.25, -0.2) is 0 Å². The third-order valence-corrected chi connectivity index (χ3v) is 4.07. The Morgan fingerprint density at radius 2 is 1.73 bits per heavy atom. The normalized spacial score (nSPS) is 10.2. The van der Waals surface area contributed by atoms with Gasteiger partial charge in [-0.15, -0.1) is 0 Å². The predicted molar refractivity (Wildman–Crippen MR) is 103 cm³/mol.